The van der Waals surface area contributed by atoms with Gasteiger partial charge in [-0.3, -0.25) is 4.79 Å². The van der Waals surface area contributed by atoms with E-state index in [9.17, 15) is 4.79 Å². The molecule has 166 valence electrons. The lowest BCUT2D eigenvalue weighted by Crippen LogP contribution is -2.12. The summed E-state index contributed by atoms with van der Waals surface area (Å²) in [6.07, 6.45) is 2.13. The number of primary amides is 1. The standard InChI is InChI=1S/C23H21ClN8O/c1-3-17-19-21(25)27-11-28-23(19)31(29-17)12(2)20-16-8-7-14(24)10-18(16)32(30-20)15-6-4-5-13(9-15)22(26)33/h4-12H,3H2,1-2H3,(H2,26,33)(H2,25,27,28). The molecule has 10 heteroatoms. The van der Waals surface area contributed by atoms with Gasteiger partial charge in [0.2, 0.25) is 5.91 Å². The van der Waals surface area contributed by atoms with Crippen molar-refractivity contribution in [2.45, 2.75) is 26.3 Å². The second-order valence-electron chi connectivity index (χ2n) is 7.75. The fourth-order valence-corrected chi connectivity index (χ4v) is 4.28. The van der Waals surface area contributed by atoms with E-state index in [-0.39, 0.29) is 6.04 Å². The van der Waals surface area contributed by atoms with Gasteiger partial charge in [-0.15, -0.1) is 0 Å². The summed E-state index contributed by atoms with van der Waals surface area (Å²) in [6.45, 7) is 4.02. The van der Waals surface area contributed by atoms with Crippen LogP contribution in [-0.2, 0) is 6.42 Å². The number of amides is 1. The molecule has 1 unspecified atom stereocenters. The van der Waals surface area contributed by atoms with E-state index in [4.69, 9.17) is 33.3 Å². The minimum Gasteiger partial charge on any atom is -0.383 e. The number of carbonyl (C=O) groups is 1. The van der Waals surface area contributed by atoms with Crippen LogP contribution >= 0.6 is 11.6 Å². The number of benzene rings is 2. The first-order chi connectivity index (χ1) is 15.9. The molecule has 33 heavy (non-hydrogen) atoms. The number of anilines is 1. The van der Waals surface area contributed by atoms with Gasteiger partial charge in [0.25, 0.3) is 0 Å². The molecule has 9 nitrogen and oxygen atoms in total. The van der Waals surface area contributed by atoms with E-state index in [1.54, 1.807) is 22.9 Å². The van der Waals surface area contributed by atoms with Crippen molar-refractivity contribution in [3.8, 4) is 5.69 Å². The van der Waals surface area contributed by atoms with Gasteiger partial charge < -0.3 is 11.5 Å². The smallest absolute Gasteiger partial charge is 0.248 e. The number of aryl methyl sites for hydroxylation is 1. The zero-order valence-electron chi connectivity index (χ0n) is 18.0. The van der Waals surface area contributed by atoms with Crippen molar-refractivity contribution in [2.24, 2.45) is 5.73 Å². The molecule has 4 N–H and O–H groups in total. The fraction of sp³-hybridized carbons (Fsp3) is 0.174. The molecule has 3 heterocycles. The van der Waals surface area contributed by atoms with Gasteiger partial charge in [0.15, 0.2) is 5.65 Å². The summed E-state index contributed by atoms with van der Waals surface area (Å²) in [4.78, 5) is 20.3. The molecule has 3 aromatic heterocycles. The number of aromatic nitrogens is 6. The third kappa shape index (κ3) is 3.37. The van der Waals surface area contributed by atoms with Crippen LogP contribution < -0.4 is 11.5 Å². The Balaban J connectivity index is 1.74. The van der Waals surface area contributed by atoms with E-state index in [1.807, 2.05) is 42.8 Å². The topological polar surface area (TPSA) is 131 Å². The number of hydrogen-bond donors (Lipinski definition) is 2. The van der Waals surface area contributed by atoms with Crippen molar-refractivity contribution in [3.63, 3.8) is 0 Å². The number of fused-ring (bicyclic) bond motifs is 2. The monoisotopic (exact) mass is 460 g/mol. The maximum Gasteiger partial charge on any atom is 0.248 e. The Morgan fingerprint density at radius 2 is 1.97 bits per heavy atom. The lowest BCUT2D eigenvalue weighted by atomic mass is 10.1. The first-order valence-corrected chi connectivity index (χ1v) is 10.8. The molecule has 1 atom stereocenters. The summed E-state index contributed by atoms with van der Waals surface area (Å²) < 4.78 is 3.59. The Morgan fingerprint density at radius 3 is 2.73 bits per heavy atom. The SMILES string of the molecule is CCc1nn(C(C)c2nn(-c3cccc(C(N)=O)c3)c3cc(Cl)ccc23)c2ncnc(N)c12. The van der Waals surface area contributed by atoms with Crippen molar-refractivity contribution >= 4 is 45.3 Å². The zero-order valence-corrected chi connectivity index (χ0v) is 18.8. The highest BCUT2D eigenvalue weighted by atomic mass is 35.5. The highest BCUT2D eigenvalue weighted by Crippen LogP contribution is 2.33. The molecule has 0 aliphatic heterocycles. The maximum absolute atomic E-state index is 11.7. The highest BCUT2D eigenvalue weighted by Gasteiger charge is 2.24. The number of nitrogen functional groups attached to an aromatic ring is 1. The molecule has 0 saturated carbocycles. The van der Waals surface area contributed by atoms with E-state index >= 15 is 0 Å². The molecule has 0 radical (unpaired) electrons. The third-order valence-electron chi connectivity index (χ3n) is 5.73. The Morgan fingerprint density at radius 1 is 1.15 bits per heavy atom. The number of halogens is 1. The van der Waals surface area contributed by atoms with E-state index in [0.29, 0.717) is 34.2 Å². The van der Waals surface area contributed by atoms with E-state index in [0.717, 1.165) is 27.7 Å². The molecule has 0 fully saturated rings. The summed E-state index contributed by atoms with van der Waals surface area (Å²) in [7, 11) is 0. The molecule has 2 aromatic carbocycles. The zero-order chi connectivity index (χ0) is 23.3. The summed E-state index contributed by atoms with van der Waals surface area (Å²) in [5.41, 5.74) is 15.8. The van der Waals surface area contributed by atoms with Crippen LogP contribution in [-0.4, -0.2) is 35.4 Å². The van der Waals surface area contributed by atoms with Gasteiger partial charge >= 0.3 is 0 Å². The molecule has 0 saturated heterocycles. The predicted molar refractivity (Wildman–Crippen MR) is 128 cm³/mol. The second kappa shape index (κ2) is 7.86. The molecular weight excluding hydrogens is 440 g/mol. The van der Waals surface area contributed by atoms with Crippen LogP contribution in [0.4, 0.5) is 5.82 Å². The average Bonchev–Trinajstić information content (AvgIpc) is 3.38. The minimum atomic E-state index is -0.507. The van der Waals surface area contributed by atoms with Crippen molar-refractivity contribution in [2.75, 3.05) is 5.73 Å². The molecule has 5 rings (SSSR count). The average molecular weight is 461 g/mol. The van der Waals surface area contributed by atoms with Crippen LogP contribution in [0.25, 0.3) is 27.6 Å². The third-order valence-corrected chi connectivity index (χ3v) is 5.97. The van der Waals surface area contributed by atoms with Crippen LogP contribution in [0, 0.1) is 0 Å². The maximum atomic E-state index is 11.7. The normalized spacial score (nSPS) is 12.5. The molecule has 0 aliphatic rings. The van der Waals surface area contributed by atoms with Crippen molar-refractivity contribution in [1.29, 1.82) is 0 Å². The Bertz CT molecular complexity index is 1540. The van der Waals surface area contributed by atoms with Gasteiger partial charge in [-0.05, 0) is 49.7 Å². The Labute approximate surface area is 194 Å². The van der Waals surface area contributed by atoms with E-state index in [2.05, 4.69) is 9.97 Å². The van der Waals surface area contributed by atoms with Crippen LogP contribution in [0.2, 0.25) is 5.02 Å². The Kier molecular flexibility index (Phi) is 4.98. The lowest BCUT2D eigenvalue weighted by Gasteiger charge is -2.11. The van der Waals surface area contributed by atoms with Gasteiger partial charge in [-0.1, -0.05) is 24.6 Å². The molecule has 0 spiro atoms. The van der Waals surface area contributed by atoms with E-state index in [1.165, 1.54) is 6.33 Å². The van der Waals surface area contributed by atoms with Gasteiger partial charge in [0.1, 0.15) is 12.1 Å². The number of rotatable bonds is 5. The first-order valence-electron chi connectivity index (χ1n) is 10.4. The van der Waals surface area contributed by atoms with Crippen LogP contribution in [0.5, 0.6) is 0 Å². The highest BCUT2D eigenvalue weighted by molar-refractivity contribution is 6.31. The van der Waals surface area contributed by atoms with Gasteiger partial charge in [0, 0.05) is 16.0 Å². The molecule has 5 aromatic rings. The number of nitrogens with two attached hydrogens (primary N) is 2. The number of carbonyl (C=O) groups excluding carboxylic acids is 1. The summed E-state index contributed by atoms with van der Waals surface area (Å²) in [5, 5.41) is 11.9. The van der Waals surface area contributed by atoms with Crippen molar-refractivity contribution < 1.29 is 4.79 Å². The quantitative estimate of drug-likeness (QED) is 0.411. The molecular formula is C23H21ClN8O. The Hall–Kier alpha value is -3.98. The van der Waals surface area contributed by atoms with E-state index < -0.39 is 5.91 Å². The van der Waals surface area contributed by atoms with Gasteiger partial charge in [-0.25, -0.2) is 19.3 Å². The second-order valence-corrected chi connectivity index (χ2v) is 8.19. The molecule has 0 aliphatic carbocycles. The van der Waals surface area contributed by atoms with Gasteiger partial charge in [-0.2, -0.15) is 10.2 Å². The summed E-state index contributed by atoms with van der Waals surface area (Å²) in [6, 6.07) is 12.3. The summed E-state index contributed by atoms with van der Waals surface area (Å²) >= 11 is 6.32. The fourth-order valence-electron chi connectivity index (χ4n) is 4.11. The van der Waals surface area contributed by atoms with Crippen molar-refractivity contribution in [3.05, 3.63) is 70.8 Å². The predicted octanol–water partition coefficient (Wildman–Crippen LogP) is 3.67. The molecule has 0 bridgehead atoms. The number of hydrogen-bond acceptors (Lipinski definition) is 6. The first kappa shape index (κ1) is 20.9. The van der Waals surface area contributed by atoms with Crippen LogP contribution in [0.1, 0.15) is 41.6 Å². The van der Waals surface area contributed by atoms with Crippen LogP contribution in [0.15, 0.2) is 48.8 Å². The summed E-state index contributed by atoms with van der Waals surface area (Å²) in [5.74, 6) is -0.104. The lowest BCUT2D eigenvalue weighted by molar-refractivity contribution is 0.1000. The largest absolute Gasteiger partial charge is 0.383 e. The number of nitrogens with zero attached hydrogens (tertiary/aromatic N) is 6. The van der Waals surface area contributed by atoms with Crippen molar-refractivity contribution in [1.82, 2.24) is 29.5 Å². The van der Waals surface area contributed by atoms with Crippen LogP contribution in [0.3, 0.4) is 0 Å². The minimum absolute atomic E-state index is 0.272. The van der Waals surface area contributed by atoms with Gasteiger partial charge in [0.05, 0.1) is 34.0 Å². The molecule has 1 amide bonds.